The monoisotopic (exact) mass is 999 g/mol. The largest absolute Gasteiger partial charge is 1.00 e. The number of halogens is 2. The molecular formula is C49H69Cl2N8O8S+. The molecule has 0 spiro atoms. The Bertz CT molecular complexity index is 2470. The average Bonchev–Trinajstić information content (AvgIpc) is 4.09. The summed E-state index contributed by atoms with van der Waals surface area (Å²) in [6.07, 6.45) is 11.8. The smallest absolute Gasteiger partial charge is 0.491 e. The Kier molecular flexibility index (Phi) is 19.3. The molecular weight excluding hydrogens is 932 g/mol. The zero-order valence-corrected chi connectivity index (χ0v) is 42.5. The number of hydrogen-bond donors (Lipinski definition) is 1. The van der Waals surface area contributed by atoms with E-state index in [1.807, 2.05) is 58.0 Å². The molecule has 0 bridgehead atoms. The third kappa shape index (κ3) is 14.8. The molecule has 5 atom stereocenters. The van der Waals surface area contributed by atoms with E-state index in [4.69, 9.17) is 46.1 Å². The summed E-state index contributed by atoms with van der Waals surface area (Å²) < 4.78 is 58.9. The highest BCUT2D eigenvalue weighted by Gasteiger charge is 2.45. The molecule has 0 aliphatic carbocycles. The highest BCUT2D eigenvalue weighted by molar-refractivity contribution is 7.80. The molecule has 0 saturated carbocycles. The molecule has 2 saturated heterocycles. The van der Waals surface area contributed by atoms with Gasteiger partial charge < -0.3 is 24.0 Å². The number of ether oxygens (including phenoxy) is 3. The van der Waals surface area contributed by atoms with Crippen LogP contribution in [0.1, 0.15) is 106 Å². The van der Waals surface area contributed by atoms with Crippen LogP contribution >= 0.6 is 23.2 Å². The number of unbranched alkanes of at least 4 members (excludes halogenated alkanes) is 1. The van der Waals surface area contributed by atoms with Gasteiger partial charge in [-0.25, -0.2) is 27.9 Å². The molecule has 372 valence electrons. The SMILES string of the molecule is CCC(C)n1ncn(-c2ccc(N3CCN(c4ccc(OCC5COC(Cn6cncn6)(c6ccc(Cl)cc6Cl)O5)cc4)CC3)cc2)c1=O.CCCCC(CC)CCC(CC(C)C)OS(=O)(=O)O.[H+]. The zero-order chi connectivity index (χ0) is 48.8. The van der Waals surface area contributed by atoms with Crippen LogP contribution < -0.4 is 20.2 Å². The van der Waals surface area contributed by atoms with Crippen molar-refractivity contribution in [2.75, 3.05) is 49.2 Å². The van der Waals surface area contributed by atoms with Crippen molar-refractivity contribution in [2.24, 2.45) is 11.8 Å². The van der Waals surface area contributed by atoms with Crippen LogP contribution in [-0.2, 0) is 36.4 Å². The van der Waals surface area contributed by atoms with E-state index in [9.17, 15) is 13.2 Å². The predicted octanol–water partition coefficient (Wildman–Crippen LogP) is 9.91. The molecule has 0 radical (unpaired) electrons. The van der Waals surface area contributed by atoms with Gasteiger partial charge in [-0.15, -0.1) is 0 Å². The van der Waals surface area contributed by atoms with Gasteiger partial charge in [-0.05, 0) is 105 Å². The Balaban J connectivity index is 0.000000378. The van der Waals surface area contributed by atoms with Crippen LogP contribution in [0.25, 0.3) is 5.69 Å². The van der Waals surface area contributed by atoms with Gasteiger partial charge in [0.05, 0.1) is 29.5 Å². The van der Waals surface area contributed by atoms with Gasteiger partial charge in [0.25, 0.3) is 0 Å². The molecule has 0 amide bonds. The molecule has 7 rings (SSSR count). The van der Waals surface area contributed by atoms with E-state index in [0.717, 1.165) is 68.3 Å². The Morgan fingerprint density at radius 2 is 1.53 bits per heavy atom. The molecule has 3 aromatic carbocycles. The number of nitrogens with zero attached hydrogens (tertiary/aromatic N) is 8. The normalized spacial score (nSPS) is 18.9. The van der Waals surface area contributed by atoms with E-state index in [2.05, 4.69) is 63.1 Å². The van der Waals surface area contributed by atoms with Crippen molar-refractivity contribution in [1.29, 1.82) is 0 Å². The van der Waals surface area contributed by atoms with Crippen LogP contribution in [0.15, 0.2) is 90.5 Å². The van der Waals surface area contributed by atoms with E-state index in [-0.39, 0.29) is 25.8 Å². The lowest BCUT2D eigenvalue weighted by Gasteiger charge is -2.37. The lowest BCUT2D eigenvalue weighted by atomic mass is 9.91. The van der Waals surface area contributed by atoms with Crippen LogP contribution in [0.5, 0.6) is 5.75 Å². The second-order valence-electron chi connectivity index (χ2n) is 18.1. The van der Waals surface area contributed by atoms with Gasteiger partial charge in [-0.3, -0.25) is 4.55 Å². The van der Waals surface area contributed by atoms with Crippen LogP contribution in [0.3, 0.4) is 0 Å². The van der Waals surface area contributed by atoms with Gasteiger partial charge in [0.1, 0.15) is 44.0 Å². The lowest BCUT2D eigenvalue weighted by molar-refractivity contribution is -0.190. The molecule has 5 unspecified atom stereocenters. The van der Waals surface area contributed by atoms with Crippen LogP contribution in [-0.4, -0.2) is 93.7 Å². The van der Waals surface area contributed by atoms with E-state index in [1.54, 1.807) is 34.0 Å². The van der Waals surface area contributed by atoms with Crippen LogP contribution in [0.4, 0.5) is 11.4 Å². The average molecular weight is 1000 g/mol. The Hall–Kier alpha value is -4.49. The quantitative estimate of drug-likeness (QED) is 0.0651. The predicted molar refractivity (Wildman–Crippen MR) is 268 cm³/mol. The Labute approximate surface area is 412 Å². The lowest BCUT2D eigenvalue weighted by Crippen LogP contribution is -2.46. The molecule has 19 heteroatoms. The molecule has 2 aliphatic heterocycles. The van der Waals surface area contributed by atoms with E-state index in [0.29, 0.717) is 53.5 Å². The molecule has 2 fully saturated rings. The minimum Gasteiger partial charge on any atom is -0.491 e. The molecule has 16 nitrogen and oxygen atoms in total. The van der Waals surface area contributed by atoms with Crippen LogP contribution in [0.2, 0.25) is 10.0 Å². The third-order valence-electron chi connectivity index (χ3n) is 12.6. The maximum absolute atomic E-state index is 12.8. The maximum Gasteiger partial charge on any atom is 1.00 e. The second-order valence-corrected chi connectivity index (χ2v) is 20.0. The van der Waals surface area contributed by atoms with Crippen molar-refractivity contribution < 1.29 is 32.8 Å². The summed E-state index contributed by atoms with van der Waals surface area (Å²) in [6, 6.07) is 21.6. The van der Waals surface area contributed by atoms with E-state index < -0.39 is 22.3 Å². The Morgan fingerprint density at radius 1 is 0.868 bits per heavy atom. The number of aromatic nitrogens is 6. The van der Waals surface area contributed by atoms with Crippen molar-refractivity contribution in [2.45, 2.75) is 123 Å². The number of anilines is 2. The third-order valence-corrected chi connectivity index (χ3v) is 13.6. The molecule has 2 aliphatic rings. The summed E-state index contributed by atoms with van der Waals surface area (Å²) in [5.41, 5.74) is 3.64. The Morgan fingerprint density at radius 3 is 2.10 bits per heavy atom. The minimum absolute atomic E-state index is 0. The molecule has 68 heavy (non-hydrogen) atoms. The fourth-order valence-corrected chi connectivity index (χ4v) is 9.68. The van der Waals surface area contributed by atoms with Crippen molar-refractivity contribution in [3.63, 3.8) is 0 Å². The fourth-order valence-electron chi connectivity index (χ4n) is 8.61. The van der Waals surface area contributed by atoms with E-state index in [1.165, 1.54) is 30.3 Å². The molecule has 5 aromatic rings. The van der Waals surface area contributed by atoms with E-state index >= 15 is 0 Å². The summed E-state index contributed by atoms with van der Waals surface area (Å²) >= 11 is 12.7. The van der Waals surface area contributed by atoms with Gasteiger partial charge in [0.2, 0.25) is 5.79 Å². The first-order chi connectivity index (χ1) is 32.6. The summed E-state index contributed by atoms with van der Waals surface area (Å²) in [6.45, 7) is 16.9. The highest BCUT2D eigenvalue weighted by atomic mass is 35.5. The zero-order valence-electron chi connectivity index (χ0n) is 41.1. The first kappa shape index (κ1) is 52.9. The summed E-state index contributed by atoms with van der Waals surface area (Å²) in [7, 11) is -4.34. The van der Waals surface area contributed by atoms with Crippen molar-refractivity contribution in [1.82, 2.24) is 29.1 Å². The maximum atomic E-state index is 12.8. The number of hydrogen-bond acceptors (Lipinski definition) is 12. The van der Waals surface area contributed by atoms with Gasteiger partial charge >= 0.3 is 17.5 Å². The molecule has 4 heterocycles. The fraction of sp³-hybridized carbons (Fsp3) is 0.551. The number of benzene rings is 3. The summed E-state index contributed by atoms with van der Waals surface area (Å²) in [5, 5.41) is 9.50. The highest BCUT2D eigenvalue weighted by Crippen LogP contribution is 2.40. The van der Waals surface area contributed by atoms with Gasteiger partial charge in [-0.1, -0.05) is 89.6 Å². The van der Waals surface area contributed by atoms with Gasteiger partial charge in [0, 0.05) is 48.1 Å². The van der Waals surface area contributed by atoms with Gasteiger partial charge in [0.15, 0.2) is 0 Å². The topological polar surface area (TPSA) is 168 Å². The minimum atomic E-state index is -4.34. The second kappa shape index (κ2) is 24.9. The standard InChI is InChI=1S/C35H38Cl2N8O4.C14H30O4S/c1-3-25(2)45-34(46)44(24-40-45)29-7-5-27(6-8-29)41-14-16-42(17-15-41)28-9-11-30(12-10-28)47-19-31-20-48-35(49-31,21-43-23-38-22-39-43)32-13-4-26(36)18-33(32)37;1-5-7-8-13(6-2)9-10-14(11-12(3)4)18-19(15,16)17/h4-13,18,22-25,31H,3,14-17,19-21H2,1-2H3;12-14H,5-11H2,1-4H3,(H,15,16,17)/p+1. The van der Waals surface area contributed by atoms with Crippen LogP contribution in [0, 0.1) is 11.8 Å². The number of piperazine rings is 1. The summed E-state index contributed by atoms with van der Waals surface area (Å²) in [5.74, 6) is 0.564. The van der Waals surface area contributed by atoms with Crippen molar-refractivity contribution in [3.05, 3.63) is 112 Å². The number of rotatable bonds is 22. The first-order valence-electron chi connectivity index (χ1n) is 23.8. The van der Waals surface area contributed by atoms with Crippen molar-refractivity contribution in [3.8, 4) is 11.4 Å². The first-order valence-corrected chi connectivity index (χ1v) is 26.0. The van der Waals surface area contributed by atoms with Crippen molar-refractivity contribution >= 4 is 45.0 Å². The molecule has 1 N–H and O–H groups in total. The van der Waals surface area contributed by atoms with Gasteiger partial charge in [-0.2, -0.15) is 18.6 Å². The molecule has 2 aromatic heterocycles. The summed E-state index contributed by atoms with van der Waals surface area (Å²) in [4.78, 5) is 21.6.